The summed E-state index contributed by atoms with van der Waals surface area (Å²) >= 11 is 0.971. The summed E-state index contributed by atoms with van der Waals surface area (Å²) in [5.74, 6) is -1.30. The quantitative estimate of drug-likeness (QED) is 0.476. The minimum Gasteiger partial charge on any atom is -0.423 e. The highest BCUT2D eigenvalue weighted by Gasteiger charge is 2.34. The monoisotopic (exact) mass is 464 g/mol. The highest BCUT2D eigenvalue weighted by molar-refractivity contribution is 7.19. The van der Waals surface area contributed by atoms with E-state index in [1.165, 1.54) is 0 Å². The molecule has 4 rings (SSSR count). The van der Waals surface area contributed by atoms with Gasteiger partial charge in [-0.3, -0.25) is 4.79 Å². The third-order valence-corrected chi connectivity index (χ3v) is 6.32. The van der Waals surface area contributed by atoms with E-state index in [9.17, 15) is 20.6 Å². The van der Waals surface area contributed by atoms with Gasteiger partial charge in [-0.2, -0.15) is 15.8 Å². The summed E-state index contributed by atoms with van der Waals surface area (Å²) in [5.41, 5.74) is 13.5. The van der Waals surface area contributed by atoms with Gasteiger partial charge in [-0.15, -0.1) is 11.3 Å². The molecule has 2 heterocycles. The Kier molecular flexibility index (Phi) is 6.01. The zero-order chi connectivity index (χ0) is 24.2. The number of rotatable bonds is 5. The lowest BCUT2D eigenvalue weighted by atomic mass is 9.84. The van der Waals surface area contributed by atoms with Crippen LogP contribution in [0, 0.1) is 34.0 Å². The van der Waals surface area contributed by atoms with Crippen LogP contribution in [0.4, 0.5) is 10.7 Å². The maximum absolute atomic E-state index is 13.0. The Morgan fingerprint density at radius 1 is 0.912 bits per heavy atom. The van der Waals surface area contributed by atoms with E-state index < -0.39 is 5.92 Å². The van der Waals surface area contributed by atoms with Crippen LogP contribution in [0.5, 0.6) is 0 Å². The number of nitrogen functional groups attached to an aromatic ring is 1. The molecule has 2 aromatic carbocycles. The number of hydrogen-bond donors (Lipinski definition) is 3. The van der Waals surface area contributed by atoms with Gasteiger partial charge in [0.2, 0.25) is 17.5 Å². The summed E-state index contributed by atoms with van der Waals surface area (Å²) in [6.45, 7) is 0. The molecule has 0 spiro atoms. The fourth-order valence-corrected chi connectivity index (χ4v) is 4.61. The van der Waals surface area contributed by atoms with Crippen LogP contribution in [-0.2, 0) is 4.74 Å². The van der Waals surface area contributed by atoms with Crippen molar-refractivity contribution < 1.29 is 9.53 Å². The maximum atomic E-state index is 13.0. The number of carbonyl (C=O) groups excluding carboxylic acids is 1. The molecule has 9 heteroatoms. The number of carbonyl (C=O) groups is 1. The molecule has 0 aliphatic carbocycles. The molecule has 1 atom stereocenters. The molecule has 0 saturated heterocycles. The van der Waals surface area contributed by atoms with Gasteiger partial charge in [0.05, 0.1) is 11.6 Å². The third kappa shape index (κ3) is 3.82. The van der Waals surface area contributed by atoms with Gasteiger partial charge in [0.1, 0.15) is 44.8 Å². The number of ether oxygens (including phenoxy) is 1. The molecular formula is C25H16N6O2S. The summed E-state index contributed by atoms with van der Waals surface area (Å²) in [6.07, 6.45) is 0. The molecule has 1 aromatic heterocycles. The van der Waals surface area contributed by atoms with Crippen LogP contribution < -0.4 is 16.8 Å². The van der Waals surface area contributed by atoms with Crippen LogP contribution in [0.1, 0.15) is 32.3 Å². The Bertz CT molecular complexity index is 1470. The maximum Gasteiger partial charge on any atom is 0.215 e. The van der Waals surface area contributed by atoms with Gasteiger partial charge in [-0.25, -0.2) is 0 Å². The number of thiophene rings is 1. The third-order valence-electron chi connectivity index (χ3n) is 5.20. The van der Waals surface area contributed by atoms with E-state index in [1.807, 2.05) is 18.2 Å². The lowest BCUT2D eigenvalue weighted by Gasteiger charge is -2.26. The van der Waals surface area contributed by atoms with Crippen LogP contribution in [0.2, 0.25) is 0 Å². The minimum atomic E-state index is -0.763. The molecule has 0 fully saturated rings. The van der Waals surface area contributed by atoms with Gasteiger partial charge in [-0.1, -0.05) is 60.7 Å². The van der Waals surface area contributed by atoms with Gasteiger partial charge in [0, 0.05) is 5.56 Å². The van der Waals surface area contributed by atoms with Crippen molar-refractivity contribution in [2.45, 2.75) is 5.92 Å². The van der Waals surface area contributed by atoms with Crippen molar-refractivity contribution in [3.63, 3.8) is 0 Å². The van der Waals surface area contributed by atoms with Gasteiger partial charge in [0.25, 0.3) is 0 Å². The molecule has 1 unspecified atom stereocenters. The first-order valence-electron chi connectivity index (χ1n) is 9.96. The molecule has 34 heavy (non-hydrogen) atoms. The van der Waals surface area contributed by atoms with Gasteiger partial charge in [0.15, 0.2) is 0 Å². The van der Waals surface area contributed by atoms with Gasteiger partial charge < -0.3 is 21.5 Å². The second-order valence-corrected chi connectivity index (χ2v) is 8.19. The van der Waals surface area contributed by atoms with E-state index in [0.717, 1.165) is 11.3 Å². The number of nitrogens with two attached hydrogens (primary N) is 2. The molecule has 0 amide bonds. The van der Waals surface area contributed by atoms with Crippen LogP contribution in [0.15, 0.2) is 83.6 Å². The molecular weight excluding hydrogens is 448 g/mol. The van der Waals surface area contributed by atoms with E-state index in [2.05, 4.69) is 11.4 Å². The van der Waals surface area contributed by atoms with E-state index in [1.54, 1.807) is 54.6 Å². The summed E-state index contributed by atoms with van der Waals surface area (Å²) in [4.78, 5) is 13.1. The predicted octanol–water partition coefficient (Wildman–Crippen LogP) is 4.09. The first kappa shape index (κ1) is 22.2. The smallest absolute Gasteiger partial charge is 0.215 e. The highest BCUT2D eigenvalue weighted by atomic mass is 32.1. The average molecular weight is 465 g/mol. The standard InChI is InChI=1S/C25H16N6O2S/c26-11-16-19(14-7-3-1-4-8-14)17(12-27)24(33-23(16)30)31-25-18(13-28)20(29)22(34-25)21(32)15-9-5-2-6-10-15/h1-10,19,31H,29-30H2. The van der Waals surface area contributed by atoms with Crippen molar-refractivity contribution in [2.75, 3.05) is 11.1 Å². The number of allylic oxidation sites excluding steroid dienone is 2. The zero-order valence-corrected chi connectivity index (χ0v) is 18.4. The van der Waals surface area contributed by atoms with Gasteiger partial charge >= 0.3 is 0 Å². The molecule has 0 radical (unpaired) electrons. The fraction of sp³-hybridized carbons (Fsp3) is 0.0400. The van der Waals surface area contributed by atoms with Crippen molar-refractivity contribution >= 4 is 27.8 Å². The number of ketones is 1. The molecule has 5 N–H and O–H groups in total. The summed E-state index contributed by atoms with van der Waals surface area (Å²) in [5, 5.41) is 32.5. The summed E-state index contributed by atoms with van der Waals surface area (Å²) in [7, 11) is 0. The second-order valence-electron chi connectivity index (χ2n) is 7.17. The normalized spacial score (nSPS) is 15.0. The lowest BCUT2D eigenvalue weighted by Crippen LogP contribution is -2.23. The van der Waals surface area contributed by atoms with Crippen molar-refractivity contribution in [2.24, 2.45) is 5.73 Å². The fourth-order valence-electron chi connectivity index (χ4n) is 3.58. The first-order valence-corrected chi connectivity index (χ1v) is 10.8. The highest BCUT2D eigenvalue weighted by Crippen LogP contribution is 2.42. The minimum absolute atomic E-state index is 0.0274. The van der Waals surface area contributed by atoms with Crippen LogP contribution in [-0.4, -0.2) is 5.78 Å². The Balaban J connectivity index is 1.80. The van der Waals surface area contributed by atoms with Gasteiger partial charge in [-0.05, 0) is 5.56 Å². The molecule has 1 aliphatic heterocycles. The Hall–Kier alpha value is -5.04. The van der Waals surface area contributed by atoms with Crippen LogP contribution in [0.3, 0.4) is 0 Å². The average Bonchev–Trinajstić information content (AvgIpc) is 3.18. The SMILES string of the molecule is N#CC1=C(N)OC(Nc2sc(C(=O)c3ccccc3)c(N)c2C#N)=C(C#N)C1c1ccccc1. The number of benzene rings is 2. The van der Waals surface area contributed by atoms with E-state index >= 15 is 0 Å². The Labute approximate surface area is 199 Å². The number of hydrogen-bond acceptors (Lipinski definition) is 9. The van der Waals surface area contributed by atoms with Crippen molar-refractivity contribution in [1.82, 2.24) is 0 Å². The number of nitrogens with zero attached hydrogens (tertiary/aromatic N) is 3. The lowest BCUT2D eigenvalue weighted by molar-refractivity contribution is 0.104. The van der Waals surface area contributed by atoms with Crippen molar-refractivity contribution in [1.29, 1.82) is 15.8 Å². The first-order chi connectivity index (χ1) is 16.5. The Morgan fingerprint density at radius 3 is 2.12 bits per heavy atom. The van der Waals surface area contributed by atoms with Crippen molar-refractivity contribution in [3.05, 3.63) is 105 Å². The van der Waals surface area contributed by atoms with Crippen molar-refractivity contribution in [3.8, 4) is 18.2 Å². The number of nitrogens with one attached hydrogen (secondary N) is 1. The second kappa shape index (κ2) is 9.22. The molecule has 0 saturated carbocycles. The predicted molar refractivity (Wildman–Crippen MR) is 127 cm³/mol. The Morgan fingerprint density at radius 2 is 1.53 bits per heavy atom. The van der Waals surface area contributed by atoms with E-state index in [4.69, 9.17) is 16.2 Å². The largest absolute Gasteiger partial charge is 0.423 e. The zero-order valence-electron chi connectivity index (χ0n) is 17.6. The molecule has 164 valence electrons. The summed E-state index contributed by atoms with van der Waals surface area (Å²) < 4.78 is 5.60. The van der Waals surface area contributed by atoms with Crippen LogP contribution in [0.25, 0.3) is 0 Å². The number of nitriles is 3. The van der Waals surface area contributed by atoms with E-state index in [0.29, 0.717) is 11.1 Å². The molecule has 3 aromatic rings. The summed E-state index contributed by atoms with van der Waals surface area (Å²) in [6, 6.07) is 23.6. The molecule has 8 nitrogen and oxygen atoms in total. The topological polar surface area (TPSA) is 162 Å². The van der Waals surface area contributed by atoms with Crippen LogP contribution >= 0.6 is 11.3 Å². The van der Waals surface area contributed by atoms with E-state index in [-0.39, 0.29) is 49.8 Å². The molecule has 0 bridgehead atoms. The number of anilines is 2. The molecule has 1 aliphatic rings.